The topological polar surface area (TPSA) is 37.4 Å². The molecule has 0 amide bonds. The molecule has 1 aromatic rings. The number of hydrogen-bond acceptors (Lipinski definition) is 6. The van der Waals surface area contributed by atoms with Gasteiger partial charge in [0, 0.05) is 38.3 Å². The molecular formula is C30H53F2N3O3. The summed E-state index contributed by atoms with van der Waals surface area (Å²) in [5.41, 5.74) is 1.01. The lowest BCUT2D eigenvalue weighted by atomic mass is 10.1. The minimum Gasteiger partial charge on any atom is -0.373 e. The first kappa shape index (κ1) is 33.0. The molecule has 3 saturated heterocycles. The zero-order valence-electron chi connectivity index (χ0n) is 24.9. The highest BCUT2D eigenvalue weighted by Gasteiger charge is 2.51. The molecule has 8 heteroatoms. The molecule has 3 unspecified atom stereocenters. The molecule has 0 aromatic heterocycles. The molecule has 0 aliphatic carbocycles. The van der Waals surface area contributed by atoms with Crippen LogP contribution in [0.15, 0.2) is 30.3 Å². The van der Waals surface area contributed by atoms with Crippen LogP contribution in [0.2, 0.25) is 0 Å². The zero-order chi connectivity index (χ0) is 28.2. The van der Waals surface area contributed by atoms with Crippen LogP contribution in [0, 0.1) is 0 Å². The predicted octanol–water partition coefficient (Wildman–Crippen LogP) is 5.17. The fourth-order valence-corrected chi connectivity index (χ4v) is 4.64. The Hall–Kier alpha value is -1.16. The molecule has 220 valence electrons. The van der Waals surface area contributed by atoms with Crippen LogP contribution < -0.4 is 0 Å². The Balaban J connectivity index is 0.000000250. The molecule has 0 spiro atoms. The number of alkyl halides is 2. The number of hydrogen-bond donors (Lipinski definition) is 0. The van der Waals surface area contributed by atoms with Gasteiger partial charge in [0.1, 0.15) is 6.10 Å². The standard InChI is InChI=1S/C14H26F2N2O2.C13H19NO.C3H8/c1-13(2,3)18-8-12(14(15,16)10-18)20-9-11-7-17(4)5-6-19-11;1-2-14-9-8-13(10-14)15-11-12-6-4-3-5-7-12;1-3-2/h11-12H,5-10H2,1-4H3;3-7,13H,2,8-11H2,1H3;3H2,1-2H3. The molecule has 3 heterocycles. The summed E-state index contributed by atoms with van der Waals surface area (Å²) in [7, 11) is 2.00. The lowest BCUT2D eigenvalue weighted by Gasteiger charge is -2.31. The van der Waals surface area contributed by atoms with Crippen molar-refractivity contribution >= 4 is 0 Å². The predicted molar refractivity (Wildman–Crippen MR) is 151 cm³/mol. The third-order valence-electron chi connectivity index (χ3n) is 7.04. The summed E-state index contributed by atoms with van der Waals surface area (Å²) < 4.78 is 44.9. The summed E-state index contributed by atoms with van der Waals surface area (Å²) in [6.07, 6.45) is 1.73. The van der Waals surface area contributed by atoms with Crippen LogP contribution in [0.4, 0.5) is 8.78 Å². The first-order chi connectivity index (χ1) is 18.0. The van der Waals surface area contributed by atoms with Crippen molar-refractivity contribution in [1.29, 1.82) is 0 Å². The number of morpholine rings is 1. The molecule has 38 heavy (non-hydrogen) atoms. The number of likely N-dealkylation sites (tertiary alicyclic amines) is 2. The van der Waals surface area contributed by atoms with Gasteiger partial charge in [-0.3, -0.25) is 4.90 Å². The molecule has 3 aliphatic heterocycles. The molecule has 0 saturated carbocycles. The fraction of sp³-hybridized carbons (Fsp3) is 0.800. The molecule has 3 fully saturated rings. The maximum atomic E-state index is 14.0. The van der Waals surface area contributed by atoms with E-state index >= 15 is 0 Å². The summed E-state index contributed by atoms with van der Waals surface area (Å²) >= 11 is 0. The minimum absolute atomic E-state index is 0.103. The summed E-state index contributed by atoms with van der Waals surface area (Å²) in [6, 6.07) is 10.4. The van der Waals surface area contributed by atoms with Crippen LogP contribution in [-0.2, 0) is 20.8 Å². The summed E-state index contributed by atoms with van der Waals surface area (Å²) in [5, 5.41) is 0. The van der Waals surface area contributed by atoms with Gasteiger partial charge >= 0.3 is 0 Å². The van der Waals surface area contributed by atoms with E-state index in [2.05, 4.69) is 54.8 Å². The normalized spacial score (nSPS) is 26.4. The molecule has 6 nitrogen and oxygen atoms in total. The first-order valence-electron chi connectivity index (χ1n) is 14.4. The van der Waals surface area contributed by atoms with Crippen molar-refractivity contribution in [2.75, 3.05) is 66.1 Å². The second-order valence-electron chi connectivity index (χ2n) is 11.7. The average molecular weight is 542 g/mol. The molecule has 1 aromatic carbocycles. The maximum Gasteiger partial charge on any atom is 0.287 e. The van der Waals surface area contributed by atoms with E-state index in [4.69, 9.17) is 14.2 Å². The minimum atomic E-state index is -2.78. The number of ether oxygens (including phenoxy) is 3. The van der Waals surface area contributed by atoms with Gasteiger partial charge in [-0.15, -0.1) is 0 Å². The molecule has 0 N–H and O–H groups in total. The molecule has 3 atom stereocenters. The van der Waals surface area contributed by atoms with Crippen molar-refractivity contribution < 1.29 is 23.0 Å². The van der Waals surface area contributed by atoms with Crippen molar-refractivity contribution in [2.24, 2.45) is 0 Å². The van der Waals surface area contributed by atoms with Crippen molar-refractivity contribution in [3.63, 3.8) is 0 Å². The van der Waals surface area contributed by atoms with E-state index in [9.17, 15) is 8.78 Å². The van der Waals surface area contributed by atoms with Gasteiger partial charge in [0.2, 0.25) is 0 Å². The van der Waals surface area contributed by atoms with Crippen LogP contribution in [0.25, 0.3) is 0 Å². The Morgan fingerprint density at radius 2 is 1.68 bits per heavy atom. The Morgan fingerprint density at radius 3 is 2.24 bits per heavy atom. The van der Waals surface area contributed by atoms with Gasteiger partial charge in [0.25, 0.3) is 5.92 Å². The number of likely N-dealkylation sites (N-methyl/N-ethyl adjacent to an activating group) is 2. The second-order valence-corrected chi connectivity index (χ2v) is 11.7. The van der Waals surface area contributed by atoms with Crippen LogP contribution in [0.5, 0.6) is 0 Å². The van der Waals surface area contributed by atoms with Crippen molar-refractivity contribution in [2.45, 2.75) is 90.8 Å². The third kappa shape index (κ3) is 11.5. The first-order valence-corrected chi connectivity index (χ1v) is 14.4. The molecule has 0 bridgehead atoms. The molecule has 4 rings (SSSR count). The highest BCUT2D eigenvalue weighted by atomic mass is 19.3. The van der Waals surface area contributed by atoms with Gasteiger partial charge in [0.15, 0.2) is 0 Å². The Labute approximate surface area is 230 Å². The average Bonchev–Trinajstić information content (AvgIpc) is 3.46. The summed E-state index contributed by atoms with van der Waals surface area (Å²) in [5.74, 6) is -2.78. The third-order valence-corrected chi connectivity index (χ3v) is 7.04. The number of nitrogens with zero attached hydrogens (tertiary/aromatic N) is 3. The highest BCUT2D eigenvalue weighted by Crippen LogP contribution is 2.34. The monoisotopic (exact) mass is 541 g/mol. The number of halogens is 2. The molecule has 0 radical (unpaired) electrons. The molecular weight excluding hydrogens is 488 g/mol. The van der Waals surface area contributed by atoms with E-state index < -0.39 is 12.0 Å². The Kier molecular flexibility index (Phi) is 14.1. The van der Waals surface area contributed by atoms with E-state index in [0.29, 0.717) is 12.7 Å². The second kappa shape index (κ2) is 16.2. The lowest BCUT2D eigenvalue weighted by molar-refractivity contribution is -0.137. The summed E-state index contributed by atoms with van der Waals surface area (Å²) in [6.45, 7) is 19.0. The SMILES string of the molecule is CCC.CCN1CCC(OCc2ccccc2)C1.CN1CCOC(COC2CN(C(C)(C)C)CC2(F)F)C1. The largest absolute Gasteiger partial charge is 0.373 e. The van der Waals surface area contributed by atoms with E-state index in [-0.39, 0.29) is 31.3 Å². The Bertz CT molecular complexity index is 763. The van der Waals surface area contributed by atoms with Gasteiger partial charge in [-0.1, -0.05) is 57.5 Å². The van der Waals surface area contributed by atoms with Crippen LogP contribution in [0.3, 0.4) is 0 Å². The molecule has 3 aliphatic rings. The van der Waals surface area contributed by atoms with E-state index in [1.54, 1.807) is 4.90 Å². The van der Waals surface area contributed by atoms with Crippen molar-refractivity contribution in [1.82, 2.24) is 14.7 Å². The van der Waals surface area contributed by atoms with E-state index in [1.807, 2.05) is 33.9 Å². The summed E-state index contributed by atoms with van der Waals surface area (Å²) in [4.78, 5) is 6.35. The van der Waals surface area contributed by atoms with E-state index in [1.165, 1.54) is 24.9 Å². The maximum absolute atomic E-state index is 14.0. The zero-order valence-corrected chi connectivity index (χ0v) is 24.9. The van der Waals surface area contributed by atoms with Crippen LogP contribution in [0.1, 0.15) is 59.9 Å². The van der Waals surface area contributed by atoms with Gasteiger partial charge in [0.05, 0.1) is 38.6 Å². The van der Waals surface area contributed by atoms with Gasteiger partial charge in [-0.05, 0) is 46.3 Å². The fourth-order valence-electron chi connectivity index (χ4n) is 4.64. The number of rotatable bonds is 7. The highest BCUT2D eigenvalue weighted by molar-refractivity contribution is 5.13. The van der Waals surface area contributed by atoms with Crippen LogP contribution in [-0.4, -0.2) is 111 Å². The smallest absolute Gasteiger partial charge is 0.287 e. The van der Waals surface area contributed by atoms with Gasteiger partial charge < -0.3 is 24.0 Å². The van der Waals surface area contributed by atoms with Gasteiger partial charge in [-0.25, -0.2) is 8.78 Å². The van der Waals surface area contributed by atoms with E-state index in [0.717, 1.165) is 32.8 Å². The van der Waals surface area contributed by atoms with Gasteiger partial charge in [-0.2, -0.15) is 0 Å². The Morgan fingerprint density at radius 1 is 1.00 bits per heavy atom. The van der Waals surface area contributed by atoms with Crippen LogP contribution >= 0.6 is 0 Å². The quantitative estimate of drug-likeness (QED) is 0.475. The lowest BCUT2D eigenvalue weighted by Crippen LogP contribution is -2.44. The number of benzene rings is 1. The van der Waals surface area contributed by atoms with Crippen molar-refractivity contribution in [3.8, 4) is 0 Å². The van der Waals surface area contributed by atoms with Crippen molar-refractivity contribution in [3.05, 3.63) is 35.9 Å².